The van der Waals surface area contributed by atoms with Crippen molar-refractivity contribution in [2.24, 2.45) is 5.92 Å². The summed E-state index contributed by atoms with van der Waals surface area (Å²) >= 11 is 0. The van der Waals surface area contributed by atoms with Gasteiger partial charge in [-0.2, -0.15) is 5.26 Å². The number of nitrogens with zero attached hydrogens (tertiary/aromatic N) is 1. The van der Waals surface area contributed by atoms with Crippen LogP contribution in [0.25, 0.3) is 0 Å². The second kappa shape index (κ2) is 5.09. The van der Waals surface area contributed by atoms with Crippen molar-refractivity contribution >= 4 is 0 Å². The molecule has 0 bridgehead atoms. The maximum Gasteiger partial charge on any atom is 0.0991 e. The Kier molecular flexibility index (Phi) is 3.31. The third-order valence-corrected chi connectivity index (χ3v) is 3.85. The normalized spacial score (nSPS) is 27.1. The van der Waals surface area contributed by atoms with Gasteiger partial charge in [0.2, 0.25) is 0 Å². The van der Waals surface area contributed by atoms with Crippen LogP contribution in [0.1, 0.15) is 30.4 Å². The van der Waals surface area contributed by atoms with Gasteiger partial charge >= 0.3 is 0 Å². The fourth-order valence-corrected chi connectivity index (χ4v) is 2.72. The van der Waals surface area contributed by atoms with Crippen LogP contribution in [-0.4, -0.2) is 18.8 Å². The third kappa shape index (κ3) is 2.55. The molecule has 2 unspecified atom stereocenters. The van der Waals surface area contributed by atoms with E-state index in [9.17, 15) is 0 Å². The van der Waals surface area contributed by atoms with Crippen LogP contribution < -0.4 is 5.32 Å². The first-order valence-corrected chi connectivity index (χ1v) is 6.71. The zero-order valence-corrected chi connectivity index (χ0v) is 10.4. The van der Waals surface area contributed by atoms with Gasteiger partial charge in [-0.1, -0.05) is 12.1 Å². The minimum absolute atomic E-state index is 0.421. The maximum absolute atomic E-state index is 8.87. The first-order valence-electron chi connectivity index (χ1n) is 6.71. The van der Waals surface area contributed by atoms with Gasteiger partial charge in [-0.05, 0) is 42.9 Å². The Balaban J connectivity index is 1.58. The quantitative estimate of drug-likeness (QED) is 0.880. The lowest BCUT2D eigenvalue weighted by Crippen LogP contribution is -2.37. The number of nitriles is 1. The smallest absolute Gasteiger partial charge is 0.0991 e. The second-order valence-corrected chi connectivity index (χ2v) is 5.26. The van der Waals surface area contributed by atoms with E-state index >= 15 is 0 Å². The molecule has 0 aromatic heterocycles. The molecule has 1 aliphatic heterocycles. The van der Waals surface area contributed by atoms with Gasteiger partial charge in [0.05, 0.1) is 17.7 Å². The highest BCUT2D eigenvalue weighted by atomic mass is 16.5. The molecule has 3 heteroatoms. The molecule has 94 valence electrons. The molecule has 1 N–H and O–H groups in total. The monoisotopic (exact) mass is 242 g/mol. The lowest BCUT2D eigenvalue weighted by Gasteiger charge is -2.19. The second-order valence-electron chi connectivity index (χ2n) is 5.26. The van der Waals surface area contributed by atoms with Gasteiger partial charge in [-0.15, -0.1) is 0 Å². The minimum atomic E-state index is 0.421. The molecule has 1 aromatic carbocycles. The molecule has 1 aromatic rings. The third-order valence-electron chi connectivity index (χ3n) is 3.85. The lowest BCUT2D eigenvalue weighted by atomic mass is 10.1. The molecular formula is C15H18N2O. The Hall–Kier alpha value is -1.37. The number of benzene rings is 1. The molecule has 3 nitrogen and oxygen atoms in total. The highest BCUT2D eigenvalue weighted by Crippen LogP contribution is 2.38. The topological polar surface area (TPSA) is 45.0 Å². The number of hydrogen-bond acceptors (Lipinski definition) is 3. The van der Waals surface area contributed by atoms with Crippen molar-refractivity contribution in [3.05, 3.63) is 35.4 Å². The van der Waals surface area contributed by atoms with E-state index in [1.165, 1.54) is 18.4 Å². The zero-order chi connectivity index (χ0) is 12.4. The van der Waals surface area contributed by atoms with E-state index in [-0.39, 0.29) is 0 Å². The van der Waals surface area contributed by atoms with Crippen LogP contribution in [0.15, 0.2) is 24.3 Å². The summed E-state index contributed by atoms with van der Waals surface area (Å²) < 4.78 is 5.81. The Bertz CT molecular complexity index is 462. The maximum atomic E-state index is 8.87. The predicted molar refractivity (Wildman–Crippen MR) is 68.9 cm³/mol. The van der Waals surface area contributed by atoms with Crippen molar-refractivity contribution in [2.45, 2.75) is 38.0 Å². The van der Waals surface area contributed by atoms with Gasteiger partial charge in [-0.25, -0.2) is 0 Å². The van der Waals surface area contributed by atoms with Gasteiger partial charge in [0.1, 0.15) is 0 Å². The van der Waals surface area contributed by atoms with Crippen LogP contribution in [0.2, 0.25) is 0 Å². The van der Waals surface area contributed by atoms with E-state index in [1.807, 2.05) is 18.2 Å². The van der Waals surface area contributed by atoms with Gasteiger partial charge in [0.25, 0.3) is 0 Å². The summed E-state index contributed by atoms with van der Waals surface area (Å²) in [6.45, 7) is 1.71. The summed E-state index contributed by atoms with van der Waals surface area (Å²) in [6, 6.07) is 10.5. The summed E-state index contributed by atoms with van der Waals surface area (Å²) in [6.07, 6.45) is 4.18. The van der Waals surface area contributed by atoms with Crippen LogP contribution in [0.3, 0.4) is 0 Å². The van der Waals surface area contributed by atoms with Crippen molar-refractivity contribution in [1.82, 2.24) is 5.32 Å². The molecule has 18 heavy (non-hydrogen) atoms. The Morgan fingerprint density at radius 1 is 1.33 bits per heavy atom. The lowest BCUT2D eigenvalue weighted by molar-refractivity contribution is 0.0809. The molecule has 1 saturated heterocycles. The summed E-state index contributed by atoms with van der Waals surface area (Å²) in [5, 5.41) is 12.5. The van der Waals surface area contributed by atoms with Crippen molar-refractivity contribution in [2.75, 3.05) is 6.61 Å². The van der Waals surface area contributed by atoms with Crippen LogP contribution in [-0.2, 0) is 11.3 Å². The SMILES string of the molecule is N#Cc1cccc(CNC2CCOC2C2CC2)c1. The van der Waals surface area contributed by atoms with E-state index in [2.05, 4.69) is 17.5 Å². The number of ether oxygens (including phenoxy) is 1. The van der Waals surface area contributed by atoms with Crippen LogP contribution in [0.5, 0.6) is 0 Å². The van der Waals surface area contributed by atoms with Gasteiger partial charge in [0.15, 0.2) is 0 Å². The summed E-state index contributed by atoms with van der Waals surface area (Å²) in [4.78, 5) is 0. The highest BCUT2D eigenvalue weighted by Gasteiger charge is 2.40. The summed E-state index contributed by atoms with van der Waals surface area (Å²) in [7, 11) is 0. The molecule has 1 saturated carbocycles. The average molecular weight is 242 g/mol. The zero-order valence-electron chi connectivity index (χ0n) is 10.4. The molecule has 1 heterocycles. The molecule has 0 radical (unpaired) electrons. The molecule has 1 aliphatic carbocycles. The van der Waals surface area contributed by atoms with Crippen molar-refractivity contribution in [3.8, 4) is 6.07 Å². The van der Waals surface area contributed by atoms with E-state index in [1.54, 1.807) is 0 Å². The summed E-state index contributed by atoms with van der Waals surface area (Å²) in [5.41, 5.74) is 1.91. The first kappa shape index (κ1) is 11.7. The first-order chi connectivity index (χ1) is 8.86. The van der Waals surface area contributed by atoms with Crippen molar-refractivity contribution < 1.29 is 4.74 Å². The van der Waals surface area contributed by atoms with Gasteiger partial charge in [-0.3, -0.25) is 0 Å². The minimum Gasteiger partial charge on any atom is -0.376 e. The molecule has 0 amide bonds. The molecular weight excluding hydrogens is 224 g/mol. The van der Waals surface area contributed by atoms with Crippen molar-refractivity contribution in [3.63, 3.8) is 0 Å². The predicted octanol–water partition coefficient (Wildman–Crippen LogP) is 2.22. The Morgan fingerprint density at radius 3 is 3.00 bits per heavy atom. The number of hydrogen-bond donors (Lipinski definition) is 1. The fraction of sp³-hybridized carbons (Fsp3) is 0.533. The van der Waals surface area contributed by atoms with Gasteiger partial charge < -0.3 is 10.1 Å². The average Bonchev–Trinajstić information content (AvgIpc) is 3.15. The standard InChI is InChI=1S/C15H18N2O/c16-9-11-2-1-3-12(8-11)10-17-14-6-7-18-15(14)13-4-5-13/h1-3,8,13-15,17H,4-7,10H2. The number of rotatable bonds is 4. The molecule has 2 aliphatic rings. The van der Waals surface area contributed by atoms with Gasteiger partial charge in [0, 0.05) is 19.2 Å². The fourth-order valence-electron chi connectivity index (χ4n) is 2.72. The van der Waals surface area contributed by atoms with Crippen LogP contribution in [0, 0.1) is 17.2 Å². The molecule has 2 atom stereocenters. The highest BCUT2D eigenvalue weighted by molar-refractivity contribution is 5.32. The molecule has 2 fully saturated rings. The van der Waals surface area contributed by atoms with E-state index in [4.69, 9.17) is 10.00 Å². The largest absolute Gasteiger partial charge is 0.376 e. The summed E-state index contributed by atoms with van der Waals surface area (Å²) in [5.74, 6) is 0.787. The Morgan fingerprint density at radius 2 is 2.22 bits per heavy atom. The molecule has 0 spiro atoms. The Labute approximate surface area is 108 Å². The van der Waals surface area contributed by atoms with Crippen LogP contribution >= 0.6 is 0 Å². The van der Waals surface area contributed by atoms with E-state index in [0.717, 1.165) is 31.1 Å². The molecule has 3 rings (SSSR count). The number of nitrogens with one attached hydrogen (secondary N) is 1. The van der Waals surface area contributed by atoms with E-state index < -0.39 is 0 Å². The van der Waals surface area contributed by atoms with Crippen LogP contribution in [0.4, 0.5) is 0 Å². The van der Waals surface area contributed by atoms with E-state index in [0.29, 0.717) is 12.1 Å². The van der Waals surface area contributed by atoms with Crippen molar-refractivity contribution in [1.29, 1.82) is 5.26 Å².